The molecule has 0 radical (unpaired) electrons. The molecule has 0 saturated carbocycles. The van der Waals surface area contributed by atoms with E-state index >= 15 is 0 Å². The molecule has 6 rings (SSSR count). The summed E-state index contributed by atoms with van der Waals surface area (Å²) in [6.07, 6.45) is 5.49. The van der Waals surface area contributed by atoms with Crippen LogP contribution in [0.25, 0.3) is 10.9 Å². The molecule has 4 heterocycles. The highest BCUT2D eigenvalue weighted by molar-refractivity contribution is 6.30. The van der Waals surface area contributed by atoms with E-state index in [-0.39, 0.29) is 17.7 Å². The van der Waals surface area contributed by atoms with E-state index in [4.69, 9.17) is 11.6 Å². The molecule has 31 heavy (non-hydrogen) atoms. The maximum absolute atomic E-state index is 14.1. The van der Waals surface area contributed by atoms with Gasteiger partial charge < -0.3 is 0 Å². The molecule has 0 N–H and O–H groups in total. The van der Waals surface area contributed by atoms with Gasteiger partial charge in [-0.05, 0) is 92.7 Å². The van der Waals surface area contributed by atoms with Crippen molar-refractivity contribution in [3.8, 4) is 0 Å². The first-order chi connectivity index (χ1) is 15.1. The maximum atomic E-state index is 14.1. The number of pyridine rings is 1. The molecule has 3 saturated heterocycles. The SMILES string of the molecule is CCC1C2CCN(CC2)C1C(C(=O)c1ccc(Cl)cc1)c1ccnc2ccc(C)cc12. The van der Waals surface area contributed by atoms with Gasteiger partial charge in [-0.1, -0.05) is 36.6 Å². The highest BCUT2D eigenvalue weighted by atomic mass is 35.5. The molecule has 2 aromatic carbocycles. The summed E-state index contributed by atoms with van der Waals surface area (Å²) in [4.78, 5) is 21.3. The number of halogens is 1. The second-order valence-corrected chi connectivity index (χ2v) is 9.64. The Labute approximate surface area is 189 Å². The highest BCUT2D eigenvalue weighted by Gasteiger charge is 2.47. The summed E-state index contributed by atoms with van der Waals surface area (Å²) >= 11 is 6.13. The number of hydrogen-bond acceptors (Lipinski definition) is 3. The van der Waals surface area contributed by atoms with Crippen LogP contribution < -0.4 is 0 Å². The number of carbonyl (C=O) groups excluding carboxylic acids is 1. The molecule has 2 bridgehead atoms. The smallest absolute Gasteiger partial charge is 0.171 e. The third kappa shape index (κ3) is 3.68. The van der Waals surface area contributed by atoms with Gasteiger partial charge in [0, 0.05) is 28.2 Å². The molecule has 3 aromatic rings. The summed E-state index contributed by atoms with van der Waals surface area (Å²) in [7, 11) is 0. The van der Waals surface area contributed by atoms with Gasteiger partial charge in [0.15, 0.2) is 5.78 Å². The van der Waals surface area contributed by atoms with E-state index in [2.05, 4.69) is 48.0 Å². The first kappa shape index (κ1) is 20.7. The quantitative estimate of drug-likeness (QED) is 0.444. The number of ketones is 1. The summed E-state index contributed by atoms with van der Waals surface area (Å²) < 4.78 is 0. The number of aromatic nitrogens is 1. The van der Waals surface area contributed by atoms with Crippen LogP contribution >= 0.6 is 11.6 Å². The monoisotopic (exact) mass is 432 g/mol. The van der Waals surface area contributed by atoms with Crippen LogP contribution in [-0.2, 0) is 0 Å². The number of benzene rings is 2. The number of nitrogens with zero attached hydrogens (tertiary/aromatic N) is 2. The Morgan fingerprint density at radius 3 is 2.58 bits per heavy atom. The van der Waals surface area contributed by atoms with Gasteiger partial charge in [-0.15, -0.1) is 0 Å². The van der Waals surface area contributed by atoms with Crippen molar-refractivity contribution in [2.45, 2.75) is 45.1 Å². The fourth-order valence-corrected chi connectivity index (χ4v) is 6.18. The van der Waals surface area contributed by atoms with Crippen molar-refractivity contribution in [1.29, 1.82) is 0 Å². The molecule has 160 valence electrons. The molecule has 3 atom stereocenters. The second kappa shape index (κ2) is 8.37. The van der Waals surface area contributed by atoms with E-state index in [9.17, 15) is 4.79 Å². The molecule has 3 nitrogen and oxygen atoms in total. The van der Waals surface area contributed by atoms with Gasteiger partial charge >= 0.3 is 0 Å². The zero-order valence-electron chi connectivity index (χ0n) is 18.2. The standard InChI is InChI=1S/C27H29ClN2O/c1-3-21-18-11-14-30(15-12-18)26(21)25(27(31)19-5-7-20(28)8-6-19)22-10-13-29-24-9-4-17(2)16-23(22)24/h4-10,13,16,18,21,25-26H,3,11-12,14-15H2,1-2H3. The lowest BCUT2D eigenvalue weighted by molar-refractivity contribution is -0.0212. The van der Waals surface area contributed by atoms with E-state index in [1.165, 1.54) is 18.4 Å². The molecule has 0 amide bonds. The van der Waals surface area contributed by atoms with Crippen molar-refractivity contribution in [3.05, 3.63) is 76.4 Å². The van der Waals surface area contributed by atoms with Crippen LogP contribution in [0, 0.1) is 18.8 Å². The molecule has 3 aliphatic heterocycles. The zero-order valence-corrected chi connectivity index (χ0v) is 19.0. The van der Waals surface area contributed by atoms with Crippen LogP contribution in [0.2, 0.25) is 5.02 Å². The van der Waals surface area contributed by atoms with Crippen molar-refractivity contribution in [1.82, 2.24) is 9.88 Å². The number of aryl methyl sites for hydroxylation is 1. The Kier molecular flexibility index (Phi) is 5.58. The predicted molar refractivity (Wildman–Crippen MR) is 127 cm³/mol. The molecule has 1 aromatic heterocycles. The Bertz CT molecular complexity index is 1100. The van der Waals surface area contributed by atoms with Crippen LogP contribution in [0.15, 0.2) is 54.7 Å². The second-order valence-electron chi connectivity index (χ2n) is 9.21. The van der Waals surface area contributed by atoms with E-state index in [1.807, 2.05) is 30.5 Å². The number of hydrogen-bond donors (Lipinski definition) is 0. The molecule has 3 unspecified atom stereocenters. The topological polar surface area (TPSA) is 33.2 Å². The lowest BCUT2D eigenvalue weighted by atomic mass is 9.66. The largest absolute Gasteiger partial charge is 0.299 e. The first-order valence-electron chi connectivity index (χ1n) is 11.5. The zero-order chi connectivity index (χ0) is 21.5. The molecular weight excluding hydrogens is 404 g/mol. The maximum Gasteiger partial charge on any atom is 0.171 e. The number of Topliss-reactive ketones (excluding diaryl/α,β-unsaturated/α-hetero) is 1. The number of rotatable bonds is 5. The minimum atomic E-state index is -0.207. The third-order valence-electron chi connectivity index (χ3n) is 7.53. The van der Waals surface area contributed by atoms with Crippen molar-refractivity contribution in [2.24, 2.45) is 11.8 Å². The first-order valence-corrected chi connectivity index (χ1v) is 11.8. The molecule has 3 fully saturated rings. The predicted octanol–water partition coefficient (Wildman–Crippen LogP) is 6.28. The Morgan fingerprint density at radius 1 is 1.13 bits per heavy atom. The van der Waals surface area contributed by atoms with Gasteiger partial charge in [-0.3, -0.25) is 14.7 Å². The summed E-state index contributed by atoms with van der Waals surface area (Å²) in [5.74, 6) is 1.25. The fraction of sp³-hybridized carbons (Fsp3) is 0.407. The fourth-order valence-electron chi connectivity index (χ4n) is 6.05. The third-order valence-corrected chi connectivity index (χ3v) is 7.78. The van der Waals surface area contributed by atoms with Crippen LogP contribution in [0.5, 0.6) is 0 Å². The minimum absolute atomic E-state index is 0.196. The van der Waals surface area contributed by atoms with Gasteiger partial charge in [0.2, 0.25) is 0 Å². The van der Waals surface area contributed by atoms with E-state index in [0.717, 1.165) is 47.5 Å². The Morgan fingerprint density at radius 2 is 1.87 bits per heavy atom. The van der Waals surface area contributed by atoms with Gasteiger partial charge in [0.05, 0.1) is 11.4 Å². The molecule has 3 aliphatic rings. The average molecular weight is 433 g/mol. The Hall–Kier alpha value is -2.23. The van der Waals surface area contributed by atoms with Crippen molar-refractivity contribution >= 4 is 28.3 Å². The number of piperidine rings is 3. The summed E-state index contributed by atoms with van der Waals surface area (Å²) in [6.45, 7) is 6.59. The normalized spacial score (nSPS) is 26.2. The van der Waals surface area contributed by atoms with Crippen LogP contribution in [0.3, 0.4) is 0 Å². The van der Waals surface area contributed by atoms with E-state index in [0.29, 0.717) is 10.9 Å². The lowest BCUT2D eigenvalue weighted by Gasteiger charge is -2.53. The summed E-state index contributed by atoms with van der Waals surface area (Å²) in [6, 6.07) is 16.1. The molecular formula is C27H29ClN2O. The minimum Gasteiger partial charge on any atom is -0.299 e. The van der Waals surface area contributed by atoms with E-state index in [1.54, 1.807) is 0 Å². The lowest BCUT2D eigenvalue weighted by Crippen LogP contribution is -2.58. The number of fused-ring (bicyclic) bond motifs is 4. The van der Waals surface area contributed by atoms with Crippen molar-refractivity contribution < 1.29 is 4.79 Å². The Balaban J connectivity index is 1.69. The van der Waals surface area contributed by atoms with Crippen LogP contribution in [-0.4, -0.2) is 34.8 Å². The highest BCUT2D eigenvalue weighted by Crippen LogP contribution is 2.46. The number of carbonyl (C=O) groups is 1. The van der Waals surface area contributed by atoms with Gasteiger partial charge in [0.25, 0.3) is 0 Å². The van der Waals surface area contributed by atoms with Gasteiger partial charge in [0.1, 0.15) is 0 Å². The molecule has 4 heteroatoms. The van der Waals surface area contributed by atoms with Crippen LogP contribution in [0.1, 0.15) is 53.6 Å². The van der Waals surface area contributed by atoms with Crippen molar-refractivity contribution in [3.63, 3.8) is 0 Å². The summed E-state index contributed by atoms with van der Waals surface area (Å²) in [5, 5.41) is 1.76. The van der Waals surface area contributed by atoms with Gasteiger partial charge in [-0.25, -0.2) is 0 Å². The molecule has 0 spiro atoms. The van der Waals surface area contributed by atoms with Gasteiger partial charge in [-0.2, -0.15) is 0 Å². The molecule has 0 aliphatic carbocycles. The van der Waals surface area contributed by atoms with E-state index < -0.39 is 0 Å². The summed E-state index contributed by atoms with van der Waals surface area (Å²) in [5.41, 5.74) is 4.01. The average Bonchev–Trinajstić information content (AvgIpc) is 2.80. The van der Waals surface area contributed by atoms with Crippen molar-refractivity contribution in [2.75, 3.05) is 13.1 Å². The van der Waals surface area contributed by atoms with Crippen LogP contribution in [0.4, 0.5) is 0 Å².